The van der Waals surface area contributed by atoms with E-state index in [2.05, 4.69) is 15.0 Å². The van der Waals surface area contributed by atoms with Crippen LogP contribution in [0.3, 0.4) is 0 Å². The molecule has 1 aromatic carbocycles. The van der Waals surface area contributed by atoms with Gasteiger partial charge in [0.25, 0.3) is 5.91 Å². The Balaban J connectivity index is 1.77. The molecule has 0 bridgehead atoms. The van der Waals surface area contributed by atoms with Gasteiger partial charge in [-0.15, -0.1) is 11.3 Å². The Morgan fingerprint density at radius 2 is 2.14 bits per heavy atom. The molecule has 1 aliphatic heterocycles. The molecule has 2 N–H and O–H groups in total. The van der Waals surface area contributed by atoms with Crippen molar-refractivity contribution >= 4 is 38.3 Å². The minimum absolute atomic E-state index is 0.123. The van der Waals surface area contributed by atoms with Crippen molar-refractivity contribution in [3.8, 4) is 0 Å². The molecule has 11 heteroatoms. The molecule has 28 heavy (non-hydrogen) atoms. The Morgan fingerprint density at radius 3 is 2.82 bits per heavy atom. The van der Waals surface area contributed by atoms with Crippen LogP contribution in [-0.4, -0.2) is 50.3 Å². The molecule has 1 saturated heterocycles. The summed E-state index contributed by atoms with van der Waals surface area (Å²) >= 11 is 1.29. The molecule has 0 radical (unpaired) electrons. The van der Waals surface area contributed by atoms with Crippen molar-refractivity contribution in [1.29, 1.82) is 0 Å². The van der Waals surface area contributed by atoms with Gasteiger partial charge in [-0.3, -0.25) is 9.59 Å². The number of aromatic nitrogens is 1. The molecule has 1 atom stereocenters. The van der Waals surface area contributed by atoms with E-state index in [-0.39, 0.29) is 22.9 Å². The normalized spacial score (nSPS) is 17.4. The number of anilines is 1. The lowest BCUT2D eigenvalue weighted by molar-refractivity contribution is -0.121. The molecule has 2 aromatic rings. The summed E-state index contributed by atoms with van der Waals surface area (Å²) in [6, 6.07) is 3.06. The van der Waals surface area contributed by atoms with E-state index >= 15 is 0 Å². The lowest BCUT2D eigenvalue weighted by atomic mass is 9.96. The predicted molar refractivity (Wildman–Crippen MR) is 102 cm³/mol. The average molecular weight is 426 g/mol. The van der Waals surface area contributed by atoms with Gasteiger partial charge in [0.05, 0.1) is 16.4 Å². The monoisotopic (exact) mass is 426 g/mol. The SMILES string of the molecule is CNS(=O)(=O)c1ccc(F)c(C(=O)N2CCCC(C(=O)Nc3nccs3)C2)c1. The molecular weight excluding hydrogens is 407 g/mol. The quantitative estimate of drug-likeness (QED) is 0.756. The maximum atomic E-state index is 14.2. The fourth-order valence-electron chi connectivity index (χ4n) is 2.99. The van der Waals surface area contributed by atoms with Crippen LogP contribution in [0, 0.1) is 11.7 Å². The first-order valence-corrected chi connectivity index (χ1v) is 10.9. The second kappa shape index (κ2) is 8.33. The molecule has 1 unspecified atom stereocenters. The minimum atomic E-state index is -3.81. The van der Waals surface area contributed by atoms with Gasteiger partial charge >= 0.3 is 0 Å². The number of hydrogen-bond donors (Lipinski definition) is 2. The van der Waals surface area contributed by atoms with Crippen molar-refractivity contribution < 1.29 is 22.4 Å². The molecule has 0 spiro atoms. The summed E-state index contributed by atoms with van der Waals surface area (Å²) in [5.41, 5.74) is -0.336. The van der Waals surface area contributed by atoms with E-state index in [1.165, 1.54) is 23.3 Å². The third kappa shape index (κ3) is 4.37. The number of carbonyl (C=O) groups is 2. The van der Waals surface area contributed by atoms with Crippen molar-refractivity contribution in [3.63, 3.8) is 0 Å². The number of benzene rings is 1. The third-order valence-corrected chi connectivity index (χ3v) is 6.59. The zero-order chi connectivity index (χ0) is 20.3. The first-order chi connectivity index (χ1) is 13.3. The summed E-state index contributed by atoms with van der Waals surface area (Å²) in [4.78, 5) is 30.4. The maximum absolute atomic E-state index is 14.2. The molecule has 8 nitrogen and oxygen atoms in total. The largest absolute Gasteiger partial charge is 0.338 e. The zero-order valence-electron chi connectivity index (χ0n) is 15.0. The number of likely N-dealkylation sites (tertiary alicyclic amines) is 1. The standard InChI is InChI=1S/C17H19FN4O4S2/c1-19-28(25,26)12-4-5-14(18)13(9-12)16(24)22-7-2-3-11(10-22)15(23)21-17-20-6-8-27-17/h4-6,8-9,11,19H,2-3,7,10H2,1H3,(H,20,21,23). The molecule has 1 aromatic heterocycles. The first-order valence-electron chi connectivity index (χ1n) is 8.54. The van der Waals surface area contributed by atoms with Crippen LogP contribution < -0.4 is 10.0 Å². The molecule has 2 amide bonds. The van der Waals surface area contributed by atoms with Crippen LogP contribution in [0.25, 0.3) is 0 Å². The van der Waals surface area contributed by atoms with Crippen LogP contribution in [0.1, 0.15) is 23.2 Å². The van der Waals surface area contributed by atoms with Crippen LogP contribution in [0.4, 0.5) is 9.52 Å². The lowest BCUT2D eigenvalue weighted by Crippen LogP contribution is -2.44. The fraction of sp³-hybridized carbons (Fsp3) is 0.353. The van der Waals surface area contributed by atoms with Crippen molar-refractivity contribution in [2.24, 2.45) is 5.92 Å². The molecule has 1 fully saturated rings. The van der Waals surface area contributed by atoms with E-state index in [1.807, 2.05) is 0 Å². The predicted octanol–water partition coefficient (Wildman–Crippen LogP) is 1.68. The van der Waals surface area contributed by atoms with E-state index < -0.39 is 27.7 Å². The van der Waals surface area contributed by atoms with E-state index in [4.69, 9.17) is 0 Å². The Labute approximate surface area is 165 Å². The Bertz CT molecular complexity index is 979. The Hall–Kier alpha value is -2.37. The second-order valence-corrected chi connectivity index (χ2v) is 9.05. The molecule has 3 rings (SSSR count). The highest BCUT2D eigenvalue weighted by Gasteiger charge is 2.31. The number of rotatable bonds is 5. The number of halogens is 1. The number of hydrogen-bond acceptors (Lipinski definition) is 6. The van der Waals surface area contributed by atoms with Crippen LogP contribution in [0.5, 0.6) is 0 Å². The number of sulfonamides is 1. The summed E-state index contributed by atoms with van der Waals surface area (Å²) in [6.07, 6.45) is 2.75. The first kappa shape index (κ1) is 20.4. The second-order valence-electron chi connectivity index (χ2n) is 6.27. The van der Waals surface area contributed by atoms with Crippen LogP contribution >= 0.6 is 11.3 Å². The molecule has 1 aliphatic rings. The van der Waals surface area contributed by atoms with Crippen molar-refractivity contribution in [3.05, 3.63) is 41.2 Å². The molecule has 2 heterocycles. The fourth-order valence-corrected chi connectivity index (χ4v) is 4.28. The summed E-state index contributed by atoms with van der Waals surface area (Å²) in [6.45, 7) is 0.487. The summed E-state index contributed by atoms with van der Waals surface area (Å²) in [7, 11) is -2.58. The summed E-state index contributed by atoms with van der Waals surface area (Å²) in [5, 5.41) is 4.92. The molecule has 0 aliphatic carbocycles. The van der Waals surface area contributed by atoms with Gasteiger partial charge < -0.3 is 10.2 Å². The van der Waals surface area contributed by atoms with Crippen molar-refractivity contribution in [2.45, 2.75) is 17.7 Å². The van der Waals surface area contributed by atoms with Crippen molar-refractivity contribution in [1.82, 2.24) is 14.6 Å². The van der Waals surface area contributed by atoms with E-state index in [0.29, 0.717) is 24.5 Å². The molecular formula is C17H19FN4O4S2. The summed E-state index contributed by atoms with van der Waals surface area (Å²) in [5.74, 6) is -2.15. The third-order valence-electron chi connectivity index (χ3n) is 4.49. The number of nitrogens with zero attached hydrogens (tertiary/aromatic N) is 2. The Morgan fingerprint density at radius 1 is 1.36 bits per heavy atom. The highest BCUT2D eigenvalue weighted by atomic mass is 32.2. The smallest absolute Gasteiger partial charge is 0.256 e. The van der Waals surface area contributed by atoms with Gasteiger partial charge in [-0.1, -0.05) is 0 Å². The highest BCUT2D eigenvalue weighted by Crippen LogP contribution is 2.23. The molecule has 150 valence electrons. The van der Waals surface area contributed by atoms with Crippen LogP contribution in [0.15, 0.2) is 34.7 Å². The van der Waals surface area contributed by atoms with Crippen LogP contribution in [0.2, 0.25) is 0 Å². The van der Waals surface area contributed by atoms with Gasteiger partial charge in [0.1, 0.15) is 5.82 Å². The maximum Gasteiger partial charge on any atom is 0.256 e. The number of piperidine rings is 1. The van der Waals surface area contributed by atoms with Crippen molar-refractivity contribution in [2.75, 3.05) is 25.5 Å². The van der Waals surface area contributed by atoms with E-state index in [1.54, 1.807) is 11.6 Å². The summed E-state index contributed by atoms with van der Waals surface area (Å²) < 4.78 is 40.2. The number of nitrogens with one attached hydrogen (secondary N) is 2. The topological polar surface area (TPSA) is 108 Å². The van der Waals surface area contributed by atoms with Gasteiger partial charge in [-0.2, -0.15) is 0 Å². The highest BCUT2D eigenvalue weighted by molar-refractivity contribution is 7.89. The van der Waals surface area contributed by atoms with Gasteiger partial charge in [-0.05, 0) is 38.1 Å². The van der Waals surface area contributed by atoms with Crippen LogP contribution in [-0.2, 0) is 14.8 Å². The number of carbonyl (C=O) groups excluding carboxylic acids is 2. The average Bonchev–Trinajstić information content (AvgIpc) is 3.20. The minimum Gasteiger partial charge on any atom is -0.338 e. The van der Waals surface area contributed by atoms with E-state index in [0.717, 1.165) is 18.2 Å². The van der Waals surface area contributed by atoms with Gasteiger partial charge in [0.15, 0.2) is 5.13 Å². The van der Waals surface area contributed by atoms with Gasteiger partial charge in [0.2, 0.25) is 15.9 Å². The van der Waals surface area contributed by atoms with Gasteiger partial charge in [-0.25, -0.2) is 22.5 Å². The molecule has 0 saturated carbocycles. The number of amides is 2. The Kier molecular flexibility index (Phi) is 6.06. The zero-order valence-corrected chi connectivity index (χ0v) is 16.6. The lowest BCUT2D eigenvalue weighted by Gasteiger charge is -2.32. The van der Waals surface area contributed by atoms with Gasteiger partial charge in [0, 0.05) is 24.7 Å². The number of thiazole rings is 1. The van der Waals surface area contributed by atoms with E-state index in [9.17, 15) is 22.4 Å².